The summed E-state index contributed by atoms with van der Waals surface area (Å²) >= 11 is 8.15. The summed E-state index contributed by atoms with van der Waals surface area (Å²) in [5.41, 5.74) is 2.39. The van der Waals surface area contributed by atoms with Gasteiger partial charge in [-0.15, -0.1) is 11.3 Å². The van der Waals surface area contributed by atoms with Crippen molar-refractivity contribution in [2.24, 2.45) is 0 Å². The van der Waals surface area contributed by atoms with E-state index in [0.29, 0.717) is 11.1 Å². The number of hydrogen-bond acceptors (Lipinski definition) is 3. The summed E-state index contributed by atoms with van der Waals surface area (Å²) in [7, 11) is 0. The Morgan fingerprint density at radius 2 is 1.78 bits per heavy atom. The standard InChI is InChI=1S/C19H15ClN2S/c1-11(2)17-15(16-18(20)21-10-22-19(16)23-17)14-9-5-7-12-6-3-4-8-13(12)14/h3-11H,1-2H3. The van der Waals surface area contributed by atoms with E-state index in [1.807, 2.05) is 0 Å². The Morgan fingerprint density at radius 1 is 1.00 bits per heavy atom. The lowest BCUT2D eigenvalue weighted by Crippen LogP contribution is -1.89. The van der Waals surface area contributed by atoms with Crippen LogP contribution >= 0.6 is 22.9 Å². The van der Waals surface area contributed by atoms with Crippen LogP contribution < -0.4 is 0 Å². The number of rotatable bonds is 2. The first-order chi connectivity index (χ1) is 11.2. The molecule has 0 unspecified atom stereocenters. The van der Waals surface area contributed by atoms with Gasteiger partial charge < -0.3 is 0 Å². The molecule has 0 aliphatic rings. The zero-order valence-corrected chi connectivity index (χ0v) is 14.4. The van der Waals surface area contributed by atoms with Crippen molar-refractivity contribution in [1.82, 2.24) is 9.97 Å². The van der Waals surface area contributed by atoms with E-state index in [9.17, 15) is 0 Å². The molecule has 4 aromatic rings. The maximum Gasteiger partial charge on any atom is 0.141 e. The van der Waals surface area contributed by atoms with Gasteiger partial charge in [0.05, 0.1) is 5.39 Å². The molecule has 0 saturated heterocycles. The highest BCUT2D eigenvalue weighted by Gasteiger charge is 2.21. The van der Waals surface area contributed by atoms with E-state index in [4.69, 9.17) is 11.6 Å². The molecule has 0 fully saturated rings. The monoisotopic (exact) mass is 338 g/mol. The molecule has 0 radical (unpaired) electrons. The SMILES string of the molecule is CC(C)c1sc2ncnc(Cl)c2c1-c1cccc2ccccc12. The van der Waals surface area contributed by atoms with E-state index in [2.05, 4.69) is 66.3 Å². The van der Waals surface area contributed by atoms with Crippen molar-refractivity contribution in [2.75, 3.05) is 0 Å². The number of hydrogen-bond donors (Lipinski definition) is 0. The molecule has 114 valence electrons. The van der Waals surface area contributed by atoms with Crippen LogP contribution in [0.4, 0.5) is 0 Å². The zero-order chi connectivity index (χ0) is 16.0. The fraction of sp³-hybridized carbons (Fsp3) is 0.158. The number of fused-ring (bicyclic) bond motifs is 2. The van der Waals surface area contributed by atoms with Crippen LogP contribution in [0.2, 0.25) is 5.15 Å². The summed E-state index contributed by atoms with van der Waals surface area (Å²) < 4.78 is 0. The first-order valence-electron chi connectivity index (χ1n) is 7.58. The van der Waals surface area contributed by atoms with Crippen LogP contribution in [0.5, 0.6) is 0 Å². The minimum atomic E-state index is 0.402. The van der Waals surface area contributed by atoms with E-state index in [1.54, 1.807) is 11.3 Å². The first-order valence-corrected chi connectivity index (χ1v) is 8.77. The van der Waals surface area contributed by atoms with Gasteiger partial charge in [0.25, 0.3) is 0 Å². The molecule has 0 atom stereocenters. The predicted molar refractivity (Wildman–Crippen MR) is 99.5 cm³/mol. The number of aromatic nitrogens is 2. The summed E-state index contributed by atoms with van der Waals surface area (Å²) in [4.78, 5) is 10.9. The van der Waals surface area contributed by atoms with Crippen LogP contribution in [0.15, 0.2) is 48.8 Å². The largest absolute Gasteiger partial charge is 0.225 e. The van der Waals surface area contributed by atoms with E-state index >= 15 is 0 Å². The molecule has 0 bridgehead atoms. The Balaban J connectivity index is 2.17. The van der Waals surface area contributed by atoms with Crippen LogP contribution in [0.1, 0.15) is 24.6 Å². The van der Waals surface area contributed by atoms with Crippen molar-refractivity contribution >= 4 is 43.9 Å². The molecule has 0 aliphatic heterocycles. The highest BCUT2D eigenvalue weighted by Crippen LogP contribution is 2.45. The Hall–Kier alpha value is -1.97. The van der Waals surface area contributed by atoms with Gasteiger partial charge in [-0.3, -0.25) is 0 Å². The molecule has 4 rings (SSSR count). The molecule has 0 aliphatic carbocycles. The van der Waals surface area contributed by atoms with Crippen LogP contribution in [-0.4, -0.2) is 9.97 Å². The average Bonchev–Trinajstić information content (AvgIpc) is 2.95. The van der Waals surface area contributed by atoms with Crippen LogP contribution in [-0.2, 0) is 0 Å². The topological polar surface area (TPSA) is 25.8 Å². The lowest BCUT2D eigenvalue weighted by atomic mass is 9.94. The molecule has 2 aromatic carbocycles. The molecule has 23 heavy (non-hydrogen) atoms. The minimum absolute atomic E-state index is 0.402. The number of thiophene rings is 1. The van der Waals surface area contributed by atoms with Gasteiger partial charge in [-0.25, -0.2) is 9.97 Å². The second kappa shape index (κ2) is 5.59. The molecule has 0 amide bonds. The van der Waals surface area contributed by atoms with Gasteiger partial charge in [-0.05, 0) is 22.3 Å². The molecule has 2 heterocycles. The summed E-state index contributed by atoms with van der Waals surface area (Å²) in [5.74, 6) is 0.402. The maximum absolute atomic E-state index is 6.44. The predicted octanol–water partition coefficient (Wildman–Crippen LogP) is 6.29. The van der Waals surface area contributed by atoms with Crippen molar-refractivity contribution in [3.8, 4) is 11.1 Å². The smallest absolute Gasteiger partial charge is 0.141 e. The zero-order valence-electron chi connectivity index (χ0n) is 12.9. The third-order valence-corrected chi connectivity index (χ3v) is 5.74. The van der Waals surface area contributed by atoms with Crippen LogP contribution in [0.25, 0.3) is 32.1 Å². The second-order valence-corrected chi connectivity index (χ2v) is 7.26. The lowest BCUT2D eigenvalue weighted by Gasteiger charge is -2.11. The quantitative estimate of drug-likeness (QED) is 0.401. The first kappa shape index (κ1) is 14.6. The van der Waals surface area contributed by atoms with Crippen molar-refractivity contribution in [3.05, 3.63) is 58.8 Å². The summed E-state index contributed by atoms with van der Waals surface area (Å²) in [6, 6.07) is 14.9. The van der Waals surface area contributed by atoms with Crippen molar-refractivity contribution in [1.29, 1.82) is 0 Å². The van der Waals surface area contributed by atoms with Gasteiger partial charge in [-0.1, -0.05) is 67.9 Å². The summed E-state index contributed by atoms with van der Waals surface area (Å²) in [6.45, 7) is 4.42. The number of halogens is 1. The Labute approximate surface area is 143 Å². The molecule has 0 N–H and O–H groups in total. The van der Waals surface area contributed by atoms with Crippen molar-refractivity contribution in [2.45, 2.75) is 19.8 Å². The Morgan fingerprint density at radius 3 is 2.61 bits per heavy atom. The molecular weight excluding hydrogens is 324 g/mol. The van der Waals surface area contributed by atoms with E-state index in [1.165, 1.54) is 33.1 Å². The summed E-state index contributed by atoms with van der Waals surface area (Å²) in [6.07, 6.45) is 1.54. The molecule has 2 nitrogen and oxygen atoms in total. The van der Waals surface area contributed by atoms with E-state index in [-0.39, 0.29) is 0 Å². The number of nitrogens with zero attached hydrogens (tertiary/aromatic N) is 2. The van der Waals surface area contributed by atoms with Gasteiger partial charge in [0.2, 0.25) is 0 Å². The second-order valence-electron chi connectivity index (χ2n) is 5.87. The van der Waals surface area contributed by atoms with Gasteiger partial charge >= 0.3 is 0 Å². The molecular formula is C19H15ClN2S. The molecule has 0 spiro atoms. The van der Waals surface area contributed by atoms with E-state index < -0.39 is 0 Å². The van der Waals surface area contributed by atoms with E-state index in [0.717, 1.165) is 10.2 Å². The van der Waals surface area contributed by atoms with Crippen molar-refractivity contribution < 1.29 is 0 Å². The normalized spacial score (nSPS) is 11.7. The molecule has 4 heteroatoms. The van der Waals surface area contributed by atoms with Crippen LogP contribution in [0.3, 0.4) is 0 Å². The Kier molecular flexibility index (Phi) is 3.55. The van der Waals surface area contributed by atoms with Gasteiger partial charge in [-0.2, -0.15) is 0 Å². The lowest BCUT2D eigenvalue weighted by molar-refractivity contribution is 0.892. The third kappa shape index (κ3) is 2.32. The third-order valence-electron chi connectivity index (χ3n) is 4.05. The molecule has 2 aromatic heterocycles. The number of benzene rings is 2. The van der Waals surface area contributed by atoms with Gasteiger partial charge in [0.1, 0.15) is 16.3 Å². The average molecular weight is 339 g/mol. The maximum atomic E-state index is 6.44. The Bertz CT molecular complexity index is 1020. The summed E-state index contributed by atoms with van der Waals surface area (Å²) in [5, 5.41) is 3.96. The minimum Gasteiger partial charge on any atom is -0.225 e. The fourth-order valence-corrected chi connectivity index (χ4v) is 4.47. The van der Waals surface area contributed by atoms with Crippen LogP contribution in [0, 0.1) is 0 Å². The highest BCUT2D eigenvalue weighted by molar-refractivity contribution is 7.19. The molecule has 0 saturated carbocycles. The van der Waals surface area contributed by atoms with Gasteiger partial charge in [0.15, 0.2) is 0 Å². The van der Waals surface area contributed by atoms with Crippen molar-refractivity contribution in [3.63, 3.8) is 0 Å². The van der Waals surface area contributed by atoms with Gasteiger partial charge in [0, 0.05) is 10.4 Å². The highest BCUT2D eigenvalue weighted by atomic mass is 35.5. The fourth-order valence-electron chi connectivity index (χ4n) is 3.03.